The normalized spacial score (nSPS) is 11.1. The molecule has 3 N–H and O–H groups in total. The second-order valence-corrected chi connectivity index (χ2v) is 6.78. The van der Waals surface area contributed by atoms with E-state index >= 15 is 0 Å². The molecule has 2 rings (SSSR count). The Kier molecular flexibility index (Phi) is 4.74. The molecule has 0 aliphatic carbocycles. The monoisotopic (exact) mass is 370 g/mol. The summed E-state index contributed by atoms with van der Waals surface area (Å²) < 4.78 is 33.5. The van der Waals surface area contributed by atoms with Gasteiger partial charge in [0, 0.05) is 4.47 Å². The fraction of sp³-hybridized carbons (Fsp3) is 0.143. The quantitative estimate of drug-likeness (QED) is 0.791. The van der Waals surface area contributed by atoms with E-state index in [0.717, 1.165) is 0 Å². The van der Waals surface area contributed by atoms with Crippen LogP contribution < -0.4 is 15.2 Å². The first-order valence-electron chi connectivity index (χ1n) is 6.23. The van der Waals surface area contributed by atoms with Gasteiger partial charge in [0.2, 0.25) is 0 Å². The molecule has 0 aromatic heterocycles. The molecule has 21 heavy (non-hydrogen) atoms. The van der Waals surface area contributed by atoms with Gasteiger partial charge in [-0.2, -0.15) is 0 Å². The number of hydrogen-bond acceptors (Lipinski definition) is 4. The van der Waals surface area contributed by atoms with Crippen LogP contribution in [0.4, 0.5) is 11.4 Å². The number of benzene rings is 2. The number of nitrogens with one attached hydrogen (secondary N) is 1. The van der Waals surface area contributed by atoms with E-state index in [1.165, 1.54) is 12.1 Å². The van der Waals surface area contributed by atoms with E-state index in [1.54, 1.807) is 30.3 Å². The predicted octanol–water partition coefficient (Wildman–Crippen LogP) is 3.23. The zero-order chi connectivity index (χ0) is 15.5. The predicted molar refractivity (Wildman–Crippen MR) is 87.0 cm³/mol. The maximum absolute atomic E-state index is 12.5. The van der Waals surface area contributed by atoms with Gasteiger partial charge < -0.3 is 10.5 Å². The fourth-order valence-electron chi connectivity index (χ4n) is 1.77. The first-order valence-corrected chi connectivity index (χ1v) is 8.51. The molecule has 7 heteroatoms. The number of nitrogen functional groups attached to an aromatic ring is 1. The molecule has 0 atom stereocenters. The van der Waals surface area contributed by atoms with Crippen molar-refractivity contribution in [2.45, 2.75) is 11.8 Å². The number of sulfonamides is 1. The lowest BCUT2D eigenvalue weighted by Crippen LogP contribution is -2.15. The van der Waals surface area contributed by atoms with Crippen molar-refractivity contribution in [1.82, 2.24) is 0 Å². The molecule has 0 radical (unpaired) electrons. The average Bonchev–Trinajstić information content (AvgIpc) is 2.43. The Labute approximate surface area is 132 Å². The summed E-state index contributed by atoms with van der Waals surface area (Å²) in [4.78, 5) is 0.0168. The summed E-state index contributed by atoms with van der Waals surface area (Å²) in [6, 6.07) is 11.5. The van der Waals surface area contributed by atoms with Gasteiger partial charge >= 0.3 is 0 Å². The highest BCUT2D eigenvalue weighted by Gasteiger charge is 2.19. The summed E-state index contributed by atoms with van der Waals surface area (Å²) in [5, 5.41) is 0. The van der Waals surface area contributed by atoms with Crippen molar-refractivity contribution in [1.29, 1.82) is 0 Å². The molecule has 0 heterocycles. The van der Waals surface area contributed by atoms with Crippen molar-refractivity contribution in [3.63, 3.8) is 0 Å². The van der Waals surface area contributed by atoms with Crippen molar-refractivity contribution in [2.75, 3.05) is 17.1 Å². The largest absolute Gasteiger partial charge is 0.492 e. The summed E-state index contributed by atoms with van der Waals surface area (Å²) in [7, 11) is -3.79. The van der Waals surface area contributed by atoms with E-state index in [2.05, 4.69) is 20.7 Å². The third-order valence-corrected chi connectivity index (χ3v) is 4.61. The number of nitrogens with two attached hydrogens (primary N) is 1. The Hall–Kier alpha value is -1.73. The second-order valence-electron chi connectivity index (χ2n) is 4.22. The van der Waals surface area contributed by atoms with Gasteiger partial charge in [-0.05, 0) is 37.3 Å². The van der Waals surface area contributed by atoms with Gasteiger partial charge in [0.1, 0.15) is 10.6 Å². The van der Waals surface area contributed by atoms with Gasteiger partial charge in [0.25, 0.3) is 10.0 Å². The van der Waals surface area contributed by atoms with Gasteiger partial charge in [-0.3, -0.25) is 4.72 Å². The zero-order valence-corrected chi connectivity index (χ0v) is 13.7. The van der Waals surface area contributed by atoms with Crippen LogP contribution in [0.5, 0.6) is 5.75 Å². The van der Waals surface area contributed by atoms with Gasteiger partial charge in [0.05, 0.1) is 18.0 Å². The standard InChI is InChI=1S/C14H15BrN2O3S/c1-2-20-13-6-4-3-5-12(13)17-21(18,19)14-9-10(15)7-8-11(14)16/h3-9,17H,2,16H2,1H3. The molecule has 0 fully saturated rings. The lowest BCUT2D eigenvalue weighted by atomic mass is 10.3. The first kappa shape index (κ1) is 15.7. The molecule has 112 valence electrons. The highest BCUT2D eigenvalue weighted by Crippen LogP contribution is 2.29. The van der Waals surface area contributed by atoms with E-state index < -0.39 is 10.0 Å². The van der Waals surface area contributed by atoms with Crippen LogP contribution in [0.15, 0.2) is 51.8 Å². The molecule has 0 spiro atoms. The maximum Gasteiger partial charge on any atom is 0.264 e. The molecule has 0 aliphatic heterocycles. The van der Waals surface area contributed by atoms with Crippen molar-refractivity contribution in [3.8, 4) is 5.75 Å². The Bertz CT molecular complexity index is 748. The van der Waals surface area contributed by atoms with Crippen molar-refractivity contribution in [3.05, 3.63) is 46.9 Å². The average molecular weight is 371 g/mol. The second kappa shape index (κ2) is 6.36. The van der Waals surface area contributed by atoms with Gasteiger partial charge in [-0.15, -0.1) is 0 Å². The highest BCUT2D eigenvalue weighted by molar-refractivity contribution is 9.10. The summed E-state index contributed by atoms with van der Waals surface area (Å²) in [5.74, 6) is 0.470. The molecule has 2 aromatic rings. The molecular formula is C14H15BrN2O3S. The summed E-state index contributed by atoms with van der Waals surface area (Å²) in [5.41, 5.74) is 6.31. The van der Waals surface area contributed by atoms with Crippen molar-refractivity contribution >= 4 is 37.3 Å². The van der Waals surface area contributed by atoms with Crippen LogP contribution in [0, 0.1) is 0 Å². The number of rotatable bonds is 5. The Morgan fingerprint density at radius 1 is 1.24 bits per heavy atom. The molecule has 0 saturated carbocycles. The minimum Gasteiger partial charge on any atom is -0.492 e. The summed E-state index contributed by atoms with van der Waals surface area (Å²) >= 11 is 3.24. The van der Waals surface area contributed by atoms with Crippen molar-refractivity contribution < 1.29 is 13.2 Å². The van der Waals surface area contributed by atoms with Crippen molar-refractivity contribution in [2.24, 2.45) is 0 Å². The first-order chi connectivity index (χ1) is 9.94. The van der Waals surface area contributed by atoms with E-state index in [1.807, 2.05) is 6.92 Å². The zero-order valence-electron chi connectivity index (χ0n) is 11.3. The van der Waals surface area contributed by atoms with E-state index in [9.17, 15) is 8.42 Å². The molecule has 5 nitrogen and oxygen atoms in total. The molecule has 2 aromatic carbocycles. The van der Waals surface area contributed by atoms with Gasteiger partial charge in [-0.25, -0.2) is 8.42 Å². The van der Waals surface area contributed by atoms with Crippen LogP contribution in [-0.2, 0) is 10.0 Å². The van der Waals surface area contributed by atoms with Gasteiger partial charge in [0.15, 0.2) is 0 Å². The smallest absolute Gasteiger partial charge is 0.264 e. The Morgan fingerprint density at radius 2 is 1.95 bits per heavy atom. The lowest BCUT2D eigenvalue weighted by molar-refractivity contribution is 0.342. The number of para-hydroxylation sites is 2. The molecule has 0 saturated heterocycles. The van der Waals surface area contributed by atoms with E-state index in [-0.39, 0.29) is 10.6 Å². The summed E-state index contributed by atoms with van der Waals surface area (Å²) in [6.07, 6.45) is 0. The molecule has 0 bridgehead atoms. The lowest BCUT2D eigenvalue weighted by Gasteiger charge is -2.14. The van der Waals surface area contributed by atoms with Gasteiger partial charge in [-0.1, -0.05) is 28.1 Å². The summed E-state index contributed by atoms with van der Waals surface area (Å²) in [6.45, 7) is 2.27. The SMILES string of the molecule is CCOc1ccccc1NS(=O)(=O)c1cc(Br)ccc1N. The van der Waals surface area contributed by atoms with E-state index in [4.69, 9.17) is 10.5 Å². The number of halogens is 1. The number of hydrogen-bond donors (Lipinski definition) is 2. The highest BCUT2D eigenvalue weighted by atomic mass is 79.9. The molecular weight excluding hydrogens is 356 g/mol. The van der Waals surface area contributed by atoms with Crippen LogP contribution in [0.3, 0.4) is 0 Å². The molecule has 0 aliphatic rings. The minimum atomic E-state index is -3.79. The molecule has 0 amide bonds. The van der Waals surface area contributed by atoms with Crippen LogP contribution in [0.25, 0.3) is 0 Å². The fourth-order valence-corrected chi connectivity index (χ4v) is 3.51. The third kappa shape index (κ3) is 3.68. The Balaban J connectivity index is 2.40. The Morgan fingerprint density at radius 3 is 2.67 bits per heavy atom. The number of anilines is 2. The van der Waals surface area contributed by atoms with Crippen LogP contribution >= 0.6 is 15.9 Å². The topological polar surface area (TPSA) is 81.4 Å². The van der Waals surface area contributed by atoms with Crippen LogP contribution in [0.2, 0.25) is 0 Å². The third-order valence-electron chi connectivity index (χ3n) is 2.70. The number of ether oxygens (including phenoxy) is 1. The van der Waals surface area contributed by atoms with Crippen LogP contribution in [0.1, 0.15) is 6.92 Å². The maximum atomic E-state index is 12.5. The van der Waals surface area contributed by atoms with E-state index in [0.29, 0.717) is 22.5 Å². The minimum absolute atomic E-state index is 0.0168. The van der Waals surface area contributed by atoms with Crippen LogP contribution in [-0.4, -0.2) is 15.0 Å². The molecule has 0 unspecified atom stereocenters.